The second kappa shape index (κ2) is 18.1. The van der Waals surface area contributed by atoms with Gasteiger partial charge < -0.3 is 15.4 Å². The molecular weight excluding hydrogens is 270 g/mol. The van der Waals surface area contributed by atoms with Gasteiger partial charge in [0.2, 0.25) is 0 Å². The molecular formula is C7H6N4S2Zn. The third-order valence-electron chi connectivity index (χ3n) is 0.736. The van der Waals surface area contributed by atoms with Crippen molar-refractivity contribution in [3.05, 3.63) is 36.1 Å². The summed E-state index contributed by atoms with van der Waals surface area (Å²) < 4.78 is 1.78. The van der Waals surface area contributed by atoms with Crippen LogP contribution in [0, 0.1) is 0 Å². The number of aromatic nitrogens is 2. The number of hydrogen-bond acceptors (Lipinski definition) is 3. The predicted octanol–water partition coefficient (Wildman–Crippen LogP) is 2.30. The third kappa shape index (κ3) is 17.3. The van der Waals surface area contributed by atoms with Gasteiger partial charge in [-0.2, -0.15) is 10.3 Å². The number of imidazole rings is 1. The minimum absolute atomic E-state index is 0. The molecule has 4 nitrogen and oxygen atoms in total. The van der Waals surface area contributed by atoms with Gasteiger partial charge in [-0.25, -0.2) is 4.98 Å². The van der Waals surface area contributed by atoms with Crippen LogP contribution >= 0.6 is 24.4 Å². The Hall–Kier alpha value is -0.827. The van der Waals surface area contributed by atoms with Crippen LogP contribution in [0.1, 0.15) is 0 Å². The van der Waals surface area contributed by atoms with Crippen LogP contribution < -0.4 is 0 Å². The molecule has 0 unspecified atom stereocenters. The minimum atomic E-state index is 0. The van der Waals surface area contributed by atoms with Crippen LogP contribution in [-0.2, 0) is 19.5 Å². The van der Waals surface area contributed by atoms with Crippen molar-refractivity contribution in [1.82, 2.24) is 9.55 Å². The van der Waals surface area contributed by atoms with Crippen LogP contribution in [0.15, 0.2) is 25.3 Å². The molecule has 0 bridgehead atoms. The summed E-state index contributed by atoms with van der Waals surface area (Å²) in [4.78, 5) is 3.78. The SMILES string of the molecule is C=Cn1ccnc1.[N-]=C=S.[N-]=C=S.[Zn+2]. The summed E-state index contributed by atoms with van der Waals surface area (Å²) in [5.74, 6) is 0. The minimum Gasteiger partial charge on any atom is -0.753 e. The van der Waals surface area contributed by atoms with Crippen LogP contribution in [0.4, 0.5) is 0 Å². The maximum Gasteiger partial charge on any atom is 2.00 e. The van der Waals surface area contributed by atoms with Crippen LogP contribution in [-0.4, -0.2) is 19.9 Å². The van der Waals surface area contributed by atoms with Gasteiger partial charge in [-0.15, -0.1) is 0 Å². The summed E-state index contributed by atoms with van der Waals surface area (Å²) in [5.41, 5.74) is 0. The molecule has 0 aliphatic rings. The van der Waals surface area contributed by atoms with E-state index in [1.54, 1.807) is 23.3 Å². The van der Waals surface area contributed by atoms with Crippen molar-refractivity contribution in [3.8, 4) is 0 Å². The summed E-state index contributed by atoms with van der Waals surface area (Å²) in [5, 5.41) is 16.9. The van der Waals surface area contributed by atoms with E-state index in [0.717, 1.165) is 0 Å². The molecule has 1 heterocycles. The summed E-state index contributed by atoms with van der Waals surface area (Å²) in [7, 11) is 0. The molecule has 68 valence electrons. The fourth-order valence-corrected chi connectivity index (χ4v) is 0.377. The van der Waals surface area contributed by atoms with E-state index in [4.69, 9.17) is 10.8 Å². The zero-order valence-electron chi connectivity index (χ0n) is 7.33. The van der Waals surface area contributed by atoms with E-state index in [0.29, 0.717) is 0 Å². The van der Waals surface area contributed by atoms with E-state index < -0.39 is 0 Å². The summed E-state index contributed by atoms with van der Waals surface area (Å²) in [6, 6.07) is 0. The van der Waals surface area contributed by atoms with E-state index in [9.17, 15) is 0 Å². The Morgan fingerprint density at radius 3 is 1.93 bits per heavy atom. The van der Waals surface area contributed by atoms with Gasteiger partial charge in [0.05, 0.1) is 6.33 Å². The average Bonchev–Trinajstić information content (AvgIpc) is 2.58. The summed E-state index contributed by atoms with van der Waals surface area (Å²) >= 11 is 7.40. The molecule has 0 N–H and O–H groups in total. The zero-order valence-corrected chi connectivity index (χ0v) is 11.9. The number of rotatable bonds is 1. The van der Waals surface area contributed by atoms with Crippen molar-refractivity contribution in [3.63, 3.8) is 0 Å². The Morgan fingerprint density at radius 1 is 1.36 bits per heavy atom. The Labute approximate surface area is 106 Å². The molecule has 0 saturated heterocycles. The summed E-state index contributed by atoms with van der Waals surface area (Å²) in [6.45, 7) is 3.53. The van der Waals surface area contributed by atoms with E-state index >= 15 is 0 Å². The Bertz CT molecular complexity index is 273. The van der Waals surface area contributed by atoms with Crippen molar-refractivity contribution in [2.45, 2.75) is 0 Å². The van der Waals surface area contributed by atoms with Gasteiger partial charge in [0.15, 0.2) is 0 Å². The van der Waals surface area contributed by atoms with Gasteiger partial charge in [0.25, 0.3) is 0 Å². The molecule has 0 amide bonds. The monoisotopic (exact) mass is 274 g/mol. The van der Waals surface area contributed by atoms with Crippen molar-refractivity contribution < 1.29 is 19.5 Å². The zero-order chi connectivity index (χ0) is 10.5. The Morgan fingerprint density at radius 2 is 1.79 bits per heavy atom. The Balaban J connectivity index is -0.000000150. The fraction of sp³-hybridized carbons (Fsp3) is 0. The van der Waals surface area contributed by atoms with Gasteiger partial charge in [0.1, 0.15) is 0 Å². The first-order valence-corrected chi connectivity index (χ1v) is 3.70. The first-order valence-electron chi connectivity index (χ1n) is 2.89. The predicted molar refractivity (Wildman–Crippen MR) is 60.5 cm³/mol. The molecule has 1 aromatic rings. The van der Waals surface area contributed by atoms with Gasteiger partial charge in [-0.3, -0.25) is 0 Å². The first kappa shape index (κ1) is 18.9. The number of thiocarbonyl (C=S) groups is 2. The summed E-state index contributed by atoms with van der Waals surface area (Å²) in [6.07, 6.45) is 6.91. The van der Waals surface area contributed by atoms with Crippen LogP contribution in [0.2, 0.25) is 0 Å². The van der Waals surface area contributed by atoms with Gasteiger partial charge in [0, 0.05) is 18.6 Å². The molecule has 0 aliphatic carbocycles. The smallest absolute Gasteiger partial charge is 0.753 e. The molecule has 0 fully saturated rings. The molecule has 0 aliphatic heterocycles. The largest absolute Gasteiger partial charge is 2.00 e. The second-order valence-electron chi connectivity index (χ2n) is 1.38. The van der Waals surface area contributed by atoms with Crippen molar-refractivity contribution in [2.75, 3.05) is 0 Å². The molecule has 1 rings (SSSR count). The number of hydrogen-bond donors (Lipinski definition) is 0. The maximum absolute atomic E-state index is 7.13. The normalized spacial score (nSPS) is 5.43. The third-order valence-corrected chi connectivity index (χ3v) is 0.736. The maximum atomic E-state index is 7.13. The quantitative estimate of drug-likeness (QED) is 0.449. The molecule has 0 spiro atoms. The molecule has 7 heteroatoms. The van der Waals surface area contributed by atoms with Gasteiger partial charge >= 0.3 is 19.5 Å². The Kier molecular flexibility index (Phi) is 24.3. The molecule has 0 aromatic carbocycles. The second-order valence-corrected chi connectivity index (χ2v) is 1.74. The van der Waals surface area contributed by atoms with Crippen LogP contribution in [0.3, 0.4) is 0 Å². The molecule has 0 atom stereocenters. The van der Waals surface area contributed by atoms with Gasteiger partial charge in [-0.05, 0) is 0 Å². The molecule has 0 saturated carbocycles. The molecule has 1 aromatic heterocycles. The average molecular weight is 276 g/mol. The fourth-order valence-electron chi connectivity index (χ4n) is 0.377. The van der Waals surface area contributed by atoms with E-state index in [2.05, 4.69) is 36.0 Å². The van der Waals surface area contributed by atoms with Crippen LogP contribution in [0.25, 0.3) is 17.0 Å². The van der Waals surface area contributed by atoms with E-state index in [1.807, 2.05) is 6.20 Å². The standard InChI is InChI=1S/C5H6N2.2CNS.Zn/c1-2-7-4-3-6-5-7;2*2-1-3;/h2-5H,1H2;;;/q;2*-1;+2. The topological polar surface area (TPSA) is 62.4 Å². The van der Waals surface area contributed by atoms with Crippen LogP contribution in [0.5, 0.6) is 0 Å². The number of nitrogens with zero attached hydrogens (tertiary/aromatic N) is 4. The van der Waals surface area contributed by atoms with Crippen molar-refractivity contribution in [1.29, 1.82) is 0 Å². The first-order chi connectivity index (χ1) is 6.26. The number of isothiocyanates is 2. The van der Waals surface area contributed by atoms with Crippen molar-refractivity contribution >= 4 is 41.0 Å². The van der Waals surface area contributed by atoms with E-state index in [1.165, 1.54) is 10.3 Å². The molecule has 14 heavy (non-hydrogen) atoms. The van der Waals surface area contributed by atoms with Crippen molar-refractivity contribution in [2.24, 2.45) is 0 Å². The van der Waals surface area contributed by atoms with Gasteiger partial charge in [-0.1, -0.05) is 31.0 Å². The van der Waals surface area contributed by atoms with E-state index in [-0.39, 0.29) is 19.5 Å². The molecule has 0 radical (unpaired) electrons.